The molecule has 0 bridgehead atoms. The molecule has 0 amide bonds. The molecule has 1 saturated heterocycles. The number of rotatable bonds is 33. The molecule has 0 aliphatic carbocycles. The van der Waals surface area contributed by atoms with Crippen molar-refractivity contribution in [3.05, 3.63) is 24.3 Å². The van der Waals surface area contributed by atoms with Crippen molar-refractivity contribution >= 4 is 11.9 Å². The smallest absolute Gasteiger partial charge is 0.306 e. The first-order chi connectivity index (χ1) is 24.8. The Morgan fingerprint density at radius 2 is 1.04 bits per heavy atom. The molecule has 298 valence electrons. The van der Waals surface area contributed by atoms with Crippen LogP contribution in [0.5, 0.6) is 0 Å². The summed E-state index contributed by atoms with van der Waals surface area (Å²) in [5, 5.41) is 39.9. The first-order valence-corrected chi connectivity index (χ1v) is 20.4. The number of aliphatic hydroxyl groups is 4. The van der Waals surface area contributed by atoms with Gasteiger partial charge < -0.3 is 39.4 Å². The second-order valence-electron chi connectivity index (χ2n) is 14.1. The van der Waals surface area contributed by atoms with E-state index in [1.165, 1.54) is 77.0 Å². The fourth-order valence-electron chi connectivity index (χ4n) is 6.00. The maximum atomic E-state index is 12.7. The molecule has 0 spiro atoms. The Balaban J connectivity index is 2.40. The maximum absolute atomic E-state index is 12.7. The lowest BCUT2D eigenvalue weighted by atomic mass is 9.99. The van der Waals surface area contributed by atoms with Crippen LogP contribution < -0.4 is 0 Å². The molecule has 1 aliphatic rings. The average Bonchev–Trinajstić information content (AvgIpc) is 3.13. The van der Waals surface area contributed by atoms with E-state index in [9.17, 15) is 30.0 Å². The highest BCUT2D eigenvalue weighted by atomic mass is 16.7. The van der Waals surface area contributed by atoms with E-state index in [1.807, 2.05) is 0 Å². The van der Waals surface area contributed by atoms with Gasteiger partial charge in [-0.25, -0.2) is 0 Å². The Morgan fingerprint density at radius 3 is 1.53 bits per heavy atom. The molecule has 0 aromatic carbocycles. The van der Waals surface area contributed by atoms with Gasteiger partial charge in [-0.15, -0.1) is 0 Å². The van der Waals surface area contributed by atoms with Crippen LogP contribution in [0, 0.1) is 0 Å². The Kier molecular flexibility index (Phi) is 30.4. The lowest BCUT2D eigenvalue weighted by molar-refractivity contribution is -0.305. The number of carbonyl (C=O) groups excluding carboxylic acids is 2. The lowest BCUT2D eigenvalue weighted by Crippen LogP contribution is -2.59. The molecule has 0 radical (unpaired) electrons. The van der Waals surface area contributed by atoms with Gasteiger partial charge in [-0.3, -0.25) is 9.59 Å². The van der Waals surface area contributed by atoms with Crippen LogP contribution in [0.2, 0.25) is 0 Å². The zero-order chi connectivity index (χ0) is 37.4. The molecular formula is C41H74O10. The van der Waals surface area contributed by atoms with Crippen LogP contribution in [0.15, 0.2) is 24.3 Å². The van der Waals surface area contributed by atoms with Crippen molar-refractivity contribution in [2.24, 2.45) is 0 Å². The van der Waals surface area contributed by atoms with Gasteiger partial charge in [-0.2, -0.15) is 0 Å². The van der Waals surface area contributed by atoms with Crippen LogP contribution in [0.4, 0.5) is 0 Å². The normalized spacial score (nSPS) is 21.4. The zero-order valence-electron chi connectivity index (χ0n) is 32.1. The zero-order valence-corrected chi connectivity index (χ0v) is 32.1. The summed E-state index contributed by atoms with van der Waals surface area (Å²) in [4.78, 5) is 25.2. The Hall–Kier alpha value is -1.82. The quantitative estimate of drug-likeness (QED) is 0.0300. The minimum atomic E-state index is -1.60. The summed E-state index contributed by atoms with van der Waals surface area (Å²) in [6.45, 7) is 3.36. The second kappa shape index (κ2) is 32.8. The highest BCUT2D eigenvalue weighted by Crippen LogP contribution is 2.22. The van der Waals surface area contributed by atoms with E-state index in [-0.39, 0.29) is 26.1 Å². The topological polar surface area (TPSA) is 152 Å². The Labute approximate surface area is 309 Å². The van der Waals surface area contributed by atoms with Gasteiger partial charge in [-0.1, -0.05) is 115 Å². The summed E-state index contributed by atoms with van der Waals surface area (Å²) in [5.74, 6) is -0.844. The number of unbranched alkanes of at least 4 members (excludes halogenated alkanes) is 18. The summed E-state index contributed by atoms with van der Waals surface area (Å²) in [7, 11) is 0. The van der Waals surface area contributed by atoms with Gasteiger partial charge in [0.1, 0.15) is 31.0 Å². The van der Waals surface area contributed by atoms with Crippen LogP contribution in [0.1, 0.15) is 168 Å². The van der Waals surface area contributed by atoms with Crippen molar-refractivity contribution in [2.75, 3.05) is 19.8 Å². The maximum Gasteiger partial charge on any atom is 0.306 e. The molecule has 0 aromatic rings. The van der Waals surface area contributed by atoms with Crippen LogP contribution >= 0.6 is 0 Å². The van der Waals surface area contributed by atoms with E-state index in [0.29, 0.717) is 12.8 Å². The fourth-order valence-corrected chi connectivity index (χ4v) is 6.00. The number of esters is 2. The molecule has 51 heavy (non-hydrogen) atoms. The van der Waals surface area contributed by atoms with Crippen molar-refractivity contribution in [2.45, 2.75) is 205 Å². The first kappa shape index (κ1) is 47.2. The predicted octanol–water partition coefficient (Wildman–Crippen LogP) is 7.77. The molecule has 0 saturated carbocycles. The van der Waals surface area contributed by atoms with Gasteiger partial charge in [0, 0.05) is 12.8 Å². The van der Waals surface area contributed by atoms with Gasteiger partial charge in [0.25, 0.3) is 0 Å². The molecule has 0 aromatic heterocycles. The van der Waals surface area contributed by atoms with Gasteiger partial charge in [0.05, 0.1) is 13.2 Å². The molecule has 1 aliphatic heterocycles. The standard InChI is InChI=1S/C41H74O10/c1-3-5-7-9-11-13-15-17-19-21-23-25-27-29-36(43)48-32-34(33-49-41-40(47)39(46)38(45)35(31-42)51-41)50-37(44)30-28-26-24-22-20-18-16-14-12-10-8-6-4-2/h17-20,34-35,38-42,45-47H,3-16,21-33H2,1-2H3/b19-17+,20-18+/t34-,35-,38+,39?,40?,41-/m0/s1. The highest BCUT2D eigenvalue weighted by molar-refractivity contribution is 5.70. The van der Waals surface area contributed by atoms with Gasteiger partial charge in [0.2, 0.25) is 0 Å². The Morgan fingerprint density at radius 1 is 0.588 bits per heavy atom. The molecule has 4 N–H and O–H groups in total. The van der Waals surface area contributed by atoms with Gasteiger partial charge >= 0.3 is 11.9 Å². The van der Waals surface area contributed by atoms with Crippen LogP contribution in [-0.2, 0) is 28.5 Å². The van der Waals surface area contributed by atoms with Gasteiger partial charge in [0.15, 0.2) is 12.4 Å². The van der Waals surface area contributed by atoms with Crippen LogP contribution in [0.25, 0.3) is 0 Å². The Bertz CT molecular complexity index is 892. The molecule has 10 heteroatoms. The summed E-state index contributed by atoms with van der Waals surface area (Å²) in [6.07, 6.45) is 26.2. The van der Waals surface area contributed by atoms with E-state index in [1.54, 1.807) is 0 Å². The monoisotopic (exact) mass is 727 g/mol. The predicted molar refractivity (Wildman–Crippen MR) is 201 cm³/mol. The third-order valence-corrected chi connectivity index (χ3v) is 9.31. The van der Waals surface area contributed by atoms with Crippen molar-refractivity contribution in [1.82, 2.24) is 0 Å². The van der Waals surface area contributed by atoms with E-state index in [0.717, 1.165) is 51.4 Å². The minimum absolute atomic E-state index is 0.208. The molecule has 10 nitrogen and oxygen atoms in total. The molecule has 1 heterocycles. The number of aliphatic hydroxyl groups excluding tert-OH is 4. The van der Waals surface area contributed by atoms with Crippen LogP contribution in [-0.4, -0.2) is 89.0 Å². The summed E-state index contributed by atoms with van der Waals surface area (Å²) >= 11 is 0. The first-order valence-electron chi connectivity index (χ1n) is 20.4. The number of hydrogen-bond donors (Lipinski definition) is 4. The van der Waals surface area contributed by atoms with Gasteiger partial charge in [-0.05, 0) is 64.2 Å². The van der Waals surface area contributed by atoms with Crippen molar-refractivity contribution in [3.63, 3.8) is 0 Å². The minimum Gasteiger partial charge on any atom is -0.462 e. The number of hydrogen-bond acceptors (Lipinski definition) is 10. The third kappa shape index (κ3) is 24.9. The molecule has 6 atom stereocenters. The molecule has 2 unspecified atom stereocenters. The number of allylic oxidation sites excluding steroid dienone is 4. The summed E-state index contributed by atoms with van der Waals surface area (Å²) in [6, 6.07) is 0. The molecular weight excluding hydrogens is 652 g/mol. The summed E-state index contributed by atoms with van der Waals surface area (Å²) in [5.41, 5.74) is 0. The van der Waals surface area contributed by atoms with E-state index in [2.05, 4.69) is 38.2 Å². The largest absolute Gasteiger partial charge is 0.462 e. The van der Waals surface area contributed by atoms with Crippen molar-refractivity contribution in [3.8, 4) is 0 Å². The average molecular weight is 727 g/mol. The van der Waals surface area contributed by atoms with Crippen molar-refractivity contribution < 1.29 is 49.0 Å². The second-order valence-corrected chi connectivity index (χ2v) is 14.1. The lowest BCUT2D eigenvalue weighted by Gasteiger charge is -2.39. The van der Waals surface area contributed by atoms with E-state index < -0.39 is 55.4 Å². The molecule has 1 fully saturated rings. The SMILES string of the molecule is CCCCCCCC/C=C/CCCCCC(=O)OC[C@@H](CO[C@H]1O[C@@H](CO)[C@@H](O)C(O)C1O)OC(=O)CCCCC/C=C/CCCCCCCC. The number of carbonyl (C=O) groups is 2. The van der Waals surface area contributed by atoms with E-state index in [4.69, 9.17) is 18.9 Å². The summed E-state index contributed by atoms with van der Waals surface area (Å²) < 4.78 is 22.0. The third-order valence-electron chi connectivity index (χ3n) is 9.31. The van der Waals surface area contributed by atoms with E-state index >= 15 is 0 Å². The molecule has 1 rings (SSSR count). The van der Waals surface area contributed by atoms with Crippen LogP contribution in [0.3, 0.4) is 0 Å². The van der Waals surface area contributed by atoms with Crippen molar-refractivity contribution in [1.29, 1.82) is 0 Å². The fraction of sp³-hybridized carbons (Fsp3) is 0.854. The highest BCUT2D eigenvalue weighted by Gasteiger charge is 2.44. The number of ether oxygens (including phenoxy) is 4.